The van der Waals surface area contributed by atoms with Crippen molar-refractivity contribution in [2.45, 2.75) is 13.8 Å². The van der Waals surface area contributed by atoms with Crippen LogP contribution in [-0.4, -0.2) is 36.9 Å². The number of rotatable bonds is 3. The molecule has 1 aromatic carbocycles. The molecule has 1 saturated heterocycles. The molecule has 0 unspecified atom stereocenters. The first-order valence-corrected chi connectivity index (χ1v) is 7.38. The third kappa shape index (κ3) is 3.27. The molecule has 2 aromatic rings. The van der Waals surface area contributed by atoms with Crippen LogP contribution in [-0.2, 0) is 0 Å². The maximum absolute atomic E-state index is 5.37. The molecule has 0 spiro atoms. The van der Waals surface area contributed by atoms with Crippen molar-refractivity contribution in [1.29, 1.82) is 0 Å². The van der Waals surface area contributed by atoms with Crippen LogP contribution in [0.5, 0.6) is 0 Å². The maximum Gasteiger partial charge on any atom is 0.149 e. The van der Waals surface area contributed by atoms with E-state index in [0.717, 1.165) is 37.7 Å². The van der Waals surface area contributed by atoms with E-state index < -0.39 is 0 Å². The Kier molecular flexibility index (Phi) is 3.95. The summed E-state index contributed by atoms with van der Waals surface area (Å²) in [5, 5.41) is 6.78. The lowest BCUT2D eigenvalue weighted by Gasteiger charge is -2.34. The van der Waals surface area contributed by atoms with Gasteiger partial charge < -0.3 is 9.32 Å². The highest BCUT2D eigenvalue weighted by atomic mass is 16.3. The molecule has 1 aromatic heterocycles. The molecular weight excluding hydrogens is 262 g/mol. The van der Waals surface area contributed by atoms with Gasteiger partial charge in [-0.15, -0.1) is 0 Å². The standard InChI is InChI=1S/C17H21N3O/c1-14-5-7-16(8-6-14)19-9-11-20(12-10-19)18-15(2)17-4-3-13-21-17/h3-8,13H,9-12H2,1-2H3. The van der Waals surface area contributed by atoms with Gasteiger partial charge >= 0.3 is 0 Å². The first kappa shape index (κ1) is 13.7. The maximum atomic E-state index is 5.37. The third-order valence-electron chi connectivity index (χ3n) is 3.82. The molecule has 0 saturated carbocycles. The summed E-state index contributed by atoms with van der Waals surface area (Å²) in [6, 6.07) is 12.6. The van der Waals surface area contributed by atoms with Crippen LogP contribution in [0.15, 0.2) is 52.2 Å². The molecule has 0 atom stereocenters. The van der Waals surface area contributed by atoms with E-state index in [2.05, 4.69) is 46.2 Å². The van der Waals surface area contributed by atoms with Crippen LogP contribution in [0, 0.1) is 6.92 Å². The van der Waals surface area contributed by atoms with Crippen LogP contribution >= 0.6 is 0 Å². The van der Waals surface area contributed by atoms with Crippen molar-refractivity contribution in [2.75, 3.05) is 31.1 Å². The Morgan fingerprint density at radius 1 is 1.05 bits per heavy atom. The van der Waals surface area contributed by atoms with Gasteiger partial charge in [0.2, 0.25) is 0 Å². The second-order valence-corrected chi connectivity index (χ2v) is 5.44. The number of hydrazone groups is 1. The number of aryl methyl sites for hydroxylation is 1. The second kappa shape index (κ2) is 6.04. The van der Waals surface area contributed by atoms with Crippen LogP contribution in [0.25, 0.3) is 0 Å². The molecule has 0 amide bonds. The molecule has 0 aliphatic carbocycles. The number of nitrogens with zero attached hydrogens (tertiary/aromatic N) is 3. The van der Waals surface area contributed by atoms with E-state index in [-0.39, 0.29) is 0 Å². The highest BCUT2D eigenvalue weighted by molar-refractivity contribution is 5.95. The van der Waals surface area contributed by atoms with Crippen LogP contribution in [0.3, 0.4) is 0 Å². The van der Waals surface area contributed by atoms with E-state index in [9.17, 15) is 0 Å². The van der Waals surface area contributed by atoms with Gasteiger partial charge in [0, 0.05) is 18.8 Å². The van der Waals surface area contributed by atoms with Gasteiger partial charge in [0.05, 0.1) is 25.1 Å². The van der Waals surface area contributed by atoms with Crippen molar-refractivity contribution >= 4 is 11.4 Å². The van der Waals surface area contributed by atoms with Crippen molar-refractivity contribution in [3.05, 3.63) is 54.0 Å². The molecule has 0 bridgehead atoms. The van der Waals surface area contributed by atoms with Crippen LogP contribution in [0.4, 0.5) is 5.69 Å². The van der Waals surface area contributed by atoms with Crippen molar-refractivity contribution in [2.24, 2.45) is 5.10 Å². The molecule has 21 heavy (non-hydrogen) atoms. The minimum absolute atomic E-state index is 0.843. The lowest BCUT2D eigenvalue weighted by Crippen LogP contribution is -2.44. The molecule has 3 rings (SSSR count). The van der Waals surface area contributed by atoms with Crippen LogP contribution < -0.4 is 4.90 Å². The number of furan rings is 1. The molecule has 1 aliphatic rings. The minimum Gasteiger partial charge on any atom is -0.463 e. The molecular formula is C17H21N3O. The summed E-state index contributed by atoms with van der Waals surface area (Å²) < 4.78 is 5.37. The van der Waals surface area contributed by atoms with Gasteiger partial charge in [-0.25, -0.2) is 0 Å². The van der Waals surface area contributed by atoms with Crippen molar-refractivity contribution in [3.8, 4) is 0 Å². The fourth-order valence-electron chi connectivity index (χ4n) is 2.56. The minimum atomic E-state index is 0.843. The second-order valence-electron chi connectivity index (χ2n) is 5.44. The Morgan fingerprint density at radius 3 is 2.38 bits per heavy atom. The zero-order valence-corrected chi connectivity index (χ0v) is 12.6. The predicted molar refractivity (Wildman–Crippen MR) is 85.9 cm³/mol. The summed E-state index contributed by atoms with van der Waals surface area (Å²) in [6.45, 7) is 7.98. The van der Waals surface area contributed by atoms with Gasteiger partial charge in [-0.3, -0.25) is 5.01 Å². The quantitative estimate of drug-likeness (QED) is 0.811. The summed E-state index contributed by atoms with van der Waals surface area (Å²) in [7, 11) is 0. The molecule has 110 valence electrons. The fourth-order valence-corrected chi connectivity index (χ4v) is 2.56. The Balaban J connectivity index is 1.60. The normalized spacial score (nSPS) is 16.4. The van der Waals surface area contributed by atoms with Crippen molar-refractivity contribution < 1.29 is 4.42 Å². The lowest BCUT2D eigenvalue weighted by molar-refractivity contribution is 0.270. The van der Waals surface area contributed by atoms with Gasteiger partial charge in [0.15, 0.2) is 0 Å². The summed E-state index contributed by atoms with van der Waals surface area (Å²) in [6.07, 6.45) is 1.68. The number of piperazine rings is 1. The van der Waals surface area contributed by atoms with Gasteiger partial charge in [0.25, 0.3) is 0 Å². The van der Waals surface area contributed by atoms with Gasteiger partial charge in [-0.1, -0.05) is 17.7 Å². The van der Waals surface area contributed by atoms with E-state index in [4.69, 9.17) is 4.42 Å². The fraction of sp³-hybridized carbons (Fsp3) is 0.353. The molecule has 0 radical (unpaired) electrons. The Bertz CT molecular complexity index is 593. The van der Waals surface area contributed by atoms with E-state index in [1.807, 2.05) is 19.1 Å². The highest BCUT2D eigenvalue weighted by Crippen LogP contribution is 2.17. The topological polar surface area (TPSA) is 32.0 Å². The molecule has 1 aliphatic heterocycles. The first-order chi connectivity index (χ1) is 10.2. The number of hydrogen-bond donors (Lipinski definition) is 0. The molecule has 4 heteroatoms. The lowest BCUT2D eigenvalue weighted by atomic mass is 10.2. The highest BCUT2D eigenvalue weighted by Gasteiger charge is 2.16. The molecule has 1 fully saturated rings. The average Bonchev–Trinajstić information content (AvgIpc) is 3.03. The Hall–Kier alpha value is -2.23. The number of anilines is 1. The van der Waals surface area contributed by atoms with E-state index in [0.29, 0.717) is 0 Å². The Morgan fingerprint density at radius 2 is 1.76 bits per heavy atom. The predicted octanol–water partition coefficient (Wildman–Crippen LogP) is 3.13. The number of hydrogen-bond acceptors (Lipinski definition) is 4. The van der Waals surface area contributed by atoms with Gasteiger partial charge in [0.1, 0.15) is 5.76 Å². The SMILES string of the molecule is CC(=NN1CCN(c2ccc(C)cc2)CC1)c1ccco1. The summed E-state index contributed by atoms with van der Waals surface area (Å²) in [5.74, 6) is 0.843. The monoisotopic (exact) mass is 283 g/mol. The van der Waals surface area contributed by atoms with Crippen molar-refractivity contribution in [1.82, 2.24) is 5.01 Å². The number of benzene rings is 1. The molecule has 0 N–H and O–H groups in total. The zero-order chi connectivity index (χ0) is 14.7. The summed E-state index contributed by atoms with van der Waals surface area (Å²) in [5.41, 5.74) is 3.53. The smallest absolute Gasteiger partial charge is 0.149 e. The van der Waals surface area contributed by atoms with Gasteiger partial charge in [-0.2, -0.15) is 5.10 Å². The molecule has 2 heterocycles. The Labute approximate surface area is 125 Å². The summed E-state index contributed by atoms with van der Waals surface area (Å²) in [4.78, 5) is 2.41. The van der Waals surface area contributed by atoms with Gasteiger partial charge in [-0.05, 0) is 38.1 Å². The largest absolute Gasteiger partial charge is 0.463 e. The van der Waals surface area contributed by atoms with Crippen LogP contribution in [0.2, 0.25) is 0 Å². The van der Waals surface area contributed by atoms with Crippen molar-refractivity contribution in [3.63, 3.8) is 0 Å². The average molecular weight is 283 g/mol. The van der Waals surface area contributed by atoms with Crippen LogP contribution in [0.1, 0.15) is 18.2 Å². The first-order valence-electron chi connectivity index (χ1n) is 7.38. The molecule has 4 nitrogen and oxygen atoms in total. The van der Waals surface area contributed by atoms with E-state index in [1.54, 1.807) is 6.26 Å². The zero-order valence-electron chi connectivity index (χ0n) is 12.6. The van der Waals surface area contributed by atoms with E-state index >= 15 is 0 Å². The summed E-state index contributed by atoms with van der Waals surface area (Å²) >= 11 is 0. The van der Waals surface area contributed by atoms with E-state index in [1.165, 1.54) is 11.3 Å². The third-order valence-corrected chi connectivity index (χ3v) is 3.82.